The van der Waals surface area contributed by atoms with Crippen LogP contribution in [0.1, 0.15) is 239 Å². The lowest BCUT2D eigenvalue weighted by molar-refractivity contribution is -0.167. The molecule has 0 aliphatic rings. The summed E-state index contributed by atoms with van der Waals surface area (Å²) in [6.45, 7) is 6.42. The van der Waals surface area contributed by atoms with Gasteiger partial charge in [-0.1, -0.05) is 239 Å². The summed E-state index contributed by atoms with van der Waals surface area (Å²) in [5, 5.41) is 0. The van der Waals surface area contributed by atoms with E-state index in [4.69, 9.17) is 14.2 Å². The summed E-state index contributed by atoms with van der Waals surface area (Å²) in [5.41, 5.74) is 0. The summed E-state index contributed by atoms with van der Waals surface area (Å²) in [7, 11) is 0. The maximum atomic E-state index is 12.8. The van der Waals surface area contributed by atoms with Crippen molar-refractivity contribution in [2.24, 2.45) is 0 Å². The fourth-order valence-electron chi connectivity index (χ4n) is 7.30. The Hall–Kier alpha value is -3.93. The first-order chi connectivity index (χ1) is 33.0. The minimum atomic E-state index is -0.803. The van der Waals surface area contributed by atoms with E-state index in [1.807, 2.05) is 72.9 Å². The van der Waals surface area contributed by atoms with Crippen LogP contribution in [0.25, 0.3) is 0 Å². The highest BCUT2D eigenvalue weighted by Gasteiger charge is 2.19. The third-order valence-electron chi connectivity index (χ3n) is 11.4. The van der Waals surface area contributed by atoms with E-state index >= 15 is 0 Å². The van der Waals surface area contributed by atoms with Crippen LogP contribution in [0.3, 0.4) is 0 Å². The molecule has 0 amide bonds. The van der Waals surface area contributed by atoms with Crippen molar-refractivity contribution < 1.29 is 28.6 Å². The van der Waals surface area contributed by atoms with Crippen LogP contribution in [0, 0.1) is 0 Å². The number of allylic oxidation sites excluding steroid dienone is 18. The van der Waals surface area contributed by atoms with Gasteiger partial charge in [-0.25, -0.2) is 0 Å². The number of carbonyl (C=O) groups is 3. The number of hydrogen-bond acceptors (Lipinski definition) is 6. The molecule has 0 N–H and O–H groups in total. The Morgan fingerprint density at radius 3 is 0.970 bits per heavy atom. The second-order valence-electron chi connectivity index (χ2n) is 17.9. The molecule has 6 nitrogen and oxygen atoms in total. The first-order valence-corrected chi connectivity index (χ1v) is 27.5. The van der Waals surface area contributed by atoms with E-state index in [2.05, 4.69) is 57.2 Å². The predicted octanol–water partition coefficient (Wildman–Crippen LogP) is 18.3. The topological polar surface area (TPSA) is 78.9 Å². The number of esters is 3. The molecule has 0 aliphatic heterocycles. The highest BCUT2D eigenvalue weighted by Crippen LogP contribution is 2.14. The maximum absolute atomic E-state index is 12.8. The maximum Gasteiger partial charge on any atom is 0.306 e. The van der Waals surface area contributed by atoms with Crippen molar-refractivity contribution in [3.05, 3.63) is 109 Å². The van der Waals surface area contributed by atoms with Gasteiger partial charge in [0.1, 0.15) is 13.2 Å². The average molecular weight is 929 g/mol. The van der Waals surface area contributed by atoms with Crippen molar-refractivity contribution >= 4 is 17.9 Å². The highest BCUT2D eigenvalue weighted by atomic mass is 16.6. The molecule has 380 valence electrons. The van der Waals surface area contributed by atoms with Crippen molar-refractivity contribution in [3.63, 3.8) is 0 Å². The molecule has 0 aliphatic carbocycles. The Balaban J connectivity index is 4.51. The summed E-state index contributed by atoms with van der Waals surface area (Å²) in [4.78, 5) is 38.1. The summed E-state index contributed by atoms with van der Waals surface area (Å²) in [5.74, 6) is -0.955. The molecular formula is C61H100O6. The van der Waals surface area contributed by atoms with Gasteiger partial charge >= 0.3 is 17.9 Å². The van der Waals surface area contributed by atoms with Gasteiger partial charge in [0, 0.05) is 19.3 Å². The van der Waals surface area contributed by atoms with Gasteiger partial charge in [-0.3, -0.25) is 14.4 Å². The van der Waals surface area contributed by atoms with Crippen LogP contribution in [0.2, 0.25) is 0 Å². The Morgan fingerprint density at radius 2 is 0.597 bits per heavy atom. The molecule has 0 rings (SSSR count). The third-order valence-corrected chi connectivity index (χ3v) is 11.4. The summed E-state index contributed by atoms with van der Waals surface area (Å²) in [6, 6.07) is 0. The first-order valence-electron chi connectivity index (χ1n) is 27.5. The van der Waals surface area contributed by atoms with Crippen LogP contribution in [-0.2, 0) is 28.6 Å². The molecule has 0 saturated heterocycles. The number of rotatable bonds is 48. The van der Waals surface area contributed by atoms with Gasteiger partial charge < -0.3 is 14.2 Å². The van der Waals surface area contributed by atoms with E-state index in [9.17, 15) is 14.4 Å². The molecule has 0 bridgehead atoms. The zero-order chi connectivity index (χ0) is 48.6. The molecule has 1 unspecified atom stereocenters. The minimum Gasteiger partial charge on any atom is -0.462 e. The van der Waals surface area contributed by atoms with Crippen LogP contribution >= 0.6 is 0 Å². The molecule has 0 heterocycles. The van der Waals surface area contributed by atoms with Gasteiger partial charge in [-0.2, -0.15) is 0 Å². The number of unbranched alkanes of at least 4 members (excludes halogenated alkanes) is 25. The number of hydrogen-bond donors (Lipinski definition) is 0. The van der Waals surface area contributed by atoms with Crippen molar-refractivity contribution in [2.45, 2.75) is 245 Å². The average Bonchev–Trinajstić information content (AvgIpc) is 3.33. The van der Waals surface area contributed by atoms with Gasteiger partial charge in [0.05, 0.1) is 0 Å². The SMILES string of the molecule is CC\C=C/C=C\C=C/C=C\C=C\C=C/C=C\CCCCCC(=O)OCC(COC(=O)CCCCCCCCC/C=C\CCCCCC)OC(=O)CCCCCCCCC/C=C\CCCCCC. The molecular weight excluding hydrogens is 829 g/mol. The third kappa shape index (κ3) is 52.9. The van der Waals surface area contributed by atoms with E-state index in [-0.39, 0.29) is 31.1 Å². The Morgan fingerprint density at radius 1 is 0.313 bits per heavy atom. The predicted molar refractivity (Wildman–Crippen MR) is 288 cm³/mol. The molecule has 1 atom stereocenters. The second kappa shape index (κ2) is 54.7. The van der Waals surface area contributed by atoms with E-state index in [0.717, 1.165) is 70.6 Å². The molecule has 0 aromatic carbocycles. The van der Waals surface area contributed by atoms with E-state index in [0.29, 0.717) is 19.3 Å². The Kier molecular flexibility index (Phi) is 51.5. The normalized spacial score (nSPS) is 12.9. The second-order valence-corrected chi connectivity index (χ2v) is 17.9. The standard InChI is InChI=1S/C61H100O6/c1-4-7-10-13-16-19-22-25-28-29-30-31-34-36-39-42-45-48-51-54-60(63)66-57-58(67-61(64)55-52-49-46-43-40-37-33-27-24-21-18-15-12-9-6-3)56-65-59(62)53-50-47-44-41-38-35-32-26-23-20-17-14-11-8-5-2/h7,10,13,16,19-25,28-31,34,36,39,58H,4-6,8-9,11-12,14-15,17-18,26-27,32-33,35,37-38,40-57H2,1-3H3/b10-7-,16-13-,22-19-,23-20-,24-21-,28-25-,30-29+,34-31-,39-36-. The largest absolute Gasteiger partial charge is 0.462 e. The van der Waals surface area contributed by atoms with Crippen LogP contribution in [0.15, 0.2) is 109 Å². The van der Waals surface area contributed by atoms with Crippen molar-refractivity contribution in [1.29, 1.82) is 0 Å². The molecule has 67 heavy (non-hydrogen) atoms. The summed E-state index contributed by atoms with van der Waals surface area (Å²) < 4.78 is 16.8. The molecule has 0 spiro atoms. The van der Waals surface area contributed by atoms with Gasteiger partial charge in [0.15, 0.2) is 6.10 Å². The van der Waals surface area contributed by atoms with Crippen LogP contribution in [-0.4, -0.2) is 37.2 Å². The smallest absolute Gasteiger partial charge is 0.306 e. The van der Waals surface area contributed by atoms with Crippen LogP contribution in [0.5, 0.6) is 0 Å². The molecule has 0 aromatic heterocycles. The van der Waals surface area contributed by atoms with Gasteiger partial charge in [0.2, 0.25) is 0 Å². The lowest BCUT2D eigenvalue weighted by Gasteiger charge is -2.18. The molecule has 0 fully saturated rings. The van der Waals surface area contributed by atoms with Crippen LogP contribution < -0.4 is 0 Å². The highest BCUT2D eigenvalue weighted by molar-refractivity contribution is 5.71. The van der Waals surface area contributed by atoms with E-state index in [1.165, 1.54) is 128 Å². The fraction of sp³-hybridized carbons (Fsp3) is 0.656. The van der Waals surface area contributed by atoms with Gasteiger partial charge in [0.25, 0.3) is 0 Å². The monoisotopic (exact) mass is 929 g/mol. The number of carbonyl (C=O) groups excluding carboxylic acids is 3. The number of ether oxygens (including phenoxy) is 3. The molecule has 6 heteroatoms. The quantitative estimate of drug-likeness (QED) is 0.0199. The lowest BCUT2D eigenvalue weighted by Crippen LogP contribution is -2.30. The fourth-order valence-corrected chi connectivity index (χ4v) is 7.30. The first kappa shape index (κ1) is 63.1. The van der Waals surface area contributed by atoms with Gasteiger partial charge in [-0.15, -0.1) is 0 Å². The van der Waals surface area contributed by atoms with Crippen molar-refractivity contribution in [3.8, 4) is 0 Å². The summed E-state index contributed by atoms with van der Waals surface area (Å²) in [6.07, 6.45) is 73.5. The zero-order valence-corrected chi connectivity index (χ0v) is 43.4. The van der Waals surface area contributed by atoms with Crippen LogP contribution in [0.4, 0.5) is 0 Å². The Bertz CT molecular complexity index is 1390. The molecule has 0 radical (unpaired) electrons. The molecule has 0 saturated carbocycles. The molecule has 0 aromatic rings. The van der Waals surface area contributed by atoms with E-state index in [1.54, 1.807) is 0 Å². The zero-order valence-electron chi connectivity index (χ0n) is 43.4. The Labute approximate surface area is 412 Å². The van der Waals surface area contributed by atoms with Gasteiger partial charge in [-0.05, 0) is 89.9 Å². The van der Waals surface area contributed by atoms with Crippen molar-refractivity contribution in [1.82, 2.24) is 0 Å². The lowest BCUT2D eigenvalue weighted by atomic mass is 10.1. The summed E-state index contributed by atoms with van der Waals surface area (Å²) >= 11 is 0. The van der Waals surface area contributed by atoms with E-state index < -0.39 is 6.10 Å². The minimum absolute atomic E-state index is 0.0983. The van der Waals surface area contributed by atoms with Crippen molar-refractivity contribution in [2.75, 3.05) is 13.2 Å².